The number of amides is 1. The van der Waals surface area contributed by atoms with Crippen molar-refractivity contribution in [3.05, 3.63) is 58.3 Å². The number of hydrogen-bond acceptors (Lipinski definition) is 6. The minimum atomic E-state index is 0.120. The second-order valence-electron chi connectivity index (χ2n) is 6.56. The number of aromatic nitrogens is 4. The van der Waals surface area contributed by atoms with Gasteiger partial charge in [0.1, 0.15) is 0 Å². The Kier molecular flexibility index (Phi) is 5.84. The summed E-state index contributed by atoms with van der Waals surface area (Å²) in [5.74, 6) is 0.474. The van der Waals surface area contributed by atoms with E-state index in [0.29, 0.717) is 24.9 Å². The average Bonchev–Trinajstić information content (AvgIpc) is 3.21. The Hall–Kier alpha value is -2.19. The third kappa shape index (κ3) is 4.95. The van der Waals surface area contributed by atoms with Crippen LogP contribution in [0, 0.1) is 0 Å². The largest absolute Gasteiger partial charge is 0.336 e. The van der Waals surface area contributed by atoms with Crippen LogP contribution in [0.3, 0.4) is 0 Å². The lowest BCUT2D eigenvalue weighted by Gasteiger charge is -2.22. The van der Waals surface area contributed by atoms with Crippen LogP contribution in [0.25, 0.3) is 0 Å². The fraction of sp³-hybridized carbons (Fsp3) is 0.368. The number of thioether (sulfide) groups is 1. The van der Waals surface area contributed by atoms with Crippen molar-refractivity contribution in [3.63, 3.8) is 0 Å². The summed E-state index contributed by atoms with van der Waals surface area (Å²) in [7, 11) is 0. The number of rotatable bonds is 9. The van der Waals surface area contributed by atoms with E-state index in [1.807, 2.05) is 39.2 Å². The molecular weight excluding hydrogens is 378 g/mol. The van der Waals surface area contributed by atoms with Gasteiger partial charge >= 0.3 is 0 Å². The van der Waals surface area contributed by atoms with Crippen molar-refractivity contribution >= 4 is 29.0 Å². The molecule has 0 unspecified atom stereocenters. The minimum Gasteiger partial charge on any atom is -0.336 e. The van der Waals surface area contributed by atoms with Crippen molar-refractivity contribution in [2.75, 3.05) is 12.3 Å². The molecule has 1 saturated carbocycles. The Bertz CT molecular complexity index is 861. The average molecular weight is 400 g/mol. The zero-order valence-corrected chi connectivity index (χ0v) is 16.5. The van der Waals surface area contributed by atoms with Gasteiger partial charge in [-0.15, -0.1) is 16.4 Å². The van der Waals surface area contributed by atoms with Crippen molar-refractivity contribution in [1.82, 2.24) is 25.1 Å². The molecule has 1 aliphatic carbocycles. The van der Waals surface area contributed by atoms with E-state index in [-0.39, 0.29) is 5.91 Å². The summed E-state index contributed by atoms with van der Waals surface area (Å²) in [6.45, 7) is 1.35. The number of carbonyl (C=O) groups excluding carboxylic acids is 1. The molecule has 0 aliphatic heterocycles. The summed E-state index contributed by atoms with van der Waals surface area (Å²) in [6, 6.07) is 14.8. The van der Waals surface area contributed by atoms with Gasteiger partial charge in [-0.1, -0.05) is 48.2 Å². The van der Waals surface area contributed by atoms with Gasteiger partial charge in [0.15, 0.2) is 0 Å². The van der Waals surface area contributed by atoms with Crippen molar-refractivity contribution < 1.29 is 4.79 Å². The quantitative estimate of drug-likeness (QED) is 0.516. The third-order valence-electron chi connectivity index (χ3n) is 4.47. The van der Waals surface area contributed by atoms with Gasteiger partial charge in [0.25, 0.3) is 0 Å². The molecule has 2 heterocycles. The third-order valence-corrected chi connectivity index (χ3v) is 6.25. The molecule has 4 rings (SSSR count). The first-order valence-corrected chi connectivity index (χ1v) is 10.9. The molecular formula is C19H21N5OS2. The van der Waals surface area contributed by atoms with Crippen LogP contribution in [0.1, 0.15) is 29.3 Å². The maximum atomic E-state index is 12.9. The highest BCUT2D eigenvalue weighted by atomic mass is 32.2. The number of benzene rings is 1. The standard InChI is InChI=1S/C19H21N5OS2/c25-18(14-27-19-20-21-22-24(19)16-8-9-16)23(13-17-7-4-12-26-17)11-10-15-5-2-1-3-6-15/h1-7,12,16H,8-11,13-14H2. The zero-order chi connectivity index (χ0) is 18.5. The Morgan fingerprint density at radius 3 is 2.81 bits per heavy atom. The highest BCUT2D eigenvalue weighted by Crippen LogP contribution is 2.36. The number of carbonyl (C=O) groups is 1. The van der Waals surface area contributed by atoms with Crippen LogP contribution in [0.4, 0.5) is 0 Å². The molecule has 8 heteroatoms. The summed E-state index contributed by atoms with van der Waals surface area (Å²) in [5, 5.41) is 14.7. The Labute approximate surface area is 166 Å². The molecule has 3 aromatic rings. The van der Waals surface area contributed by atoms with Gasteiger partial charge < -0.3 is 4.90 Å². The van der Waals surface area contributed by atoms with E-state index >= 15 is 0 Å². The molecule has 0 radical (unpaired) electrons. The predicted molar refractivity (Wildman–Crippen MR) is 107 cm³/mol. The van der Waals surface area contributed by atoms with Crippen molar-refractivity contribution in [2.45, 2.75) is 37.0 Å². The Balaban J connectivity index is 1.38. The lowest BCUT2D eigenvalue weighted by Crippen LogP contribution is -2.33. The first-order valence-electron chi connectivity index (χ1n) is 9.04. The van der Waals surface area contributed by atoms with Gasteiger partial charge in [-0.05, 0) is 46.7 Å². The first kappa shape index (κ1) is 18.2. The molecule has 0 bridgehead atoms. The van der Waals surface area contributed by atoms with Crippen LogP contribution in [0.5, 0.6) is 0 Å². The van der Waals surface area contributed by atoms with Crippen LogP contribution in [0.15, 0.2) is 53.0 Å². The molecule has 6 nitrogen and oxygen atoms in total. The monoisotopic (exact) mass is 399 g/mol. The van der Waals surface area contributed by atoms with Gasteiger partial charge in [-0.2, -0.15) is 0 Å². The predicted octanol–water partition coefficient (Wildman–Crippen LogP) is 3.43. The lowest BCUT2D eigenvalue weighted by molar-refractivity contribution is -0.128. The minimum absolute atomic E-state index is 0.120. The molecule has 1 aromatic carbocycles. The molecule has 27 heavy (non-hydrogen) atoms. The maximum absolute atomic E-state index is 12.9. The summed E-state index contributed by atoms with van der Waals surface area (Å²) in [5.41, 5.74) is 1.24. The van der Waals surface area contributed by atoms with Crippen LogP contribution < -0.4 is 0 Å². The summed E-state index contributed by atoms with van der Waals surface area (Å²) in [4.78, 5) is 16.1. The van der Waals surface area contributed by atoms with E-state index in [0.717, 1.165) is 24.4 Å². The maximum Gasteiger partial charge on any atom is 0.233 e. The Morgan fingerprint density at radius 1 is 1.22 bits per heavy atom. The topological polar surface area (TPSA) is 63.9 Å². The van der Waals surface area contributed by atoms with E-state index < -0.39 is 0 Å². The van der Waals surface area contributed by atoms with E-state index in [9.17, 15) is 4.79 Å². The highest BCUT2D eigenvalue weighted by Gasteiger charge is 2.28. The second-order valence-corrected chi connectivity index (χ2v) is 8.53. The van der Waals surface area contributed by atoms with Gasteiger partial charge in [0.2, 0.25) is 11.1 Å². The van der Waals surface area contributed by atoms with E-state index in [1.165, 1.54) is 22.2 Å². The second kappa shape index (κ2) is 8.67. The summed E-state index contributed by atoms with van der Waals surface area (Å²) < 4.78 is 1.85. The number of tetrazole rings is 1. The Morgan fingerprint density at radius 2 is 2.07 bits per heavy atom. The molecule has 0 atom stereocenters. The fourth-order valence-corrected chi connectivity index (χ4v) is 4.40. The lowest BCUT2D eigenvalue weighted by atomic mass is 10.1. The fourth-order valence-electron chi connectivity index (χ4n) is 2.84. The highest BCUT2D eigenvalue weighted by molar-refractivity contribution is 7.99. The molecule has 1 fully saturated rings. The van der Waals surface area contributed by atoms with E-state index in [4.69, 9.17) is 0 Å². The van der Waals surface area contributed by atoms with E-state index in [1.54, 1.807) is 11.3 Å². The molecule has 0 saturated heterocycles. The molecule has 2 aromatic heterocycles. The van der Waals surface area contributed by atoms with Crippen molar-refractivity contribution in [1.29, 1.82) is 0 Å². The number of thiophene rings is 1. The zero-order valence-electron chi connectivity index (χ0n) is 14.9. The van der Waals surface area contributed by atoms with Crippen LogP contribution >= 0.6 is 23.1 Å². The van der Waals surface area contributed by atoms with Gasteiger partial charge in [-0.3, -0.25) is 4.79 Å². The summed E-state index contributed by atoms with van der Waals surface area (Å²) in [6.07, 6.45) is 3.09. The SMILES string of the molecule is O=C(CSc1nnnn1C1CC1)N(CCc1ccccc1)Cc1cccs1. The van der Waals surface area contributed by atoms with Gasteiger partial charge in [-0.25, -0.2) is 4.68 Å². The van der Waals surface area contributed by atoms with Crippen LogP contribution in [0.2, 0.25) is 0 Å². The molecule has 0 N–H and O–H groups in total. The molecule has 140 valence electrons. The van der Waals surface area contributed by atoms with Crippen LogP contribution in [-0.2, 0) is 17.8 Å². The molecule has 0 spiro atoms. The van der Waals surface area contributed by atoms with Crippen LogP contribution in [-0.4, -0.2) is 43.3 Å². The number of nitrogens with zero attached hydrogens (tertiary/aromatic N) is 5. The van der Waals surface area contributed by atoms with Gasteiger partial charge in [0, 0.05) is 11.4 Å². The normalized spacial score (nSPS) is 13.6. The first-order chi connectivity index (χ1) is 13.3. The summed E-state index contributed by atoms with van der Waals surface area (Å²) >= 11 is 3.12. The van der Waals surface area contributed by atoms with E-state index in [2.05, 4.69) is 33.7 Å². The number of hydrogen-bond donors (Lipinski definition) is 0. The van der Waals surface area contributed by atoms with Crippen molar-refractivity contribution in [3.8, 4) is 0 Å². The molecule has 1 aliphatic rings. The van der Waals surface area contributed by atoms with Crippen molar-refractivity contribution in [2.24, 2.45) is 0 Å². The molecule has 1 amide bonds. The van der Waals surface area contributed by atoms with Gasteiger partial charge in [0.05, 0.1) is 18.3 Å². The smallest absolute Gasteiger partial charge is 0.233 e.